The average Bonchev–Trinajstić information content (AvgIpc) is 2.70. The summed E-state index contributed by atoms with van der Waals surface area (Å²) in [5.74, 6) is 0. The van der Waals surface area contributed by atoms with Crippen LogP contribution in [0.15, 0.2) is 18.3 Å². The lowest BCUT2D eigenvalue weighted by molar-refractivity contribution is 0.196. The molecule has 1 saturated heterocycles. The summed E-state index contributed by atoms with van der Waals surface area (Å²) in [6, 6.07) is 4.96. The number of rotatable bonds is 5. The van der Waals surface area contributed by atoms with E-state index in [2.05, 4.69) is 40.8 Å². The van der Waals surface area contributed by atoms with Crippen LogP contribution in [-0.4, -0.2) is 48.6 Å². The minimum atomic E-state index is 0.652. The third kappa shape index (κ3) is 3.93. The topological polar surface area (TPSA) is 45.4 Å². The Balaban J connectivity index is 1.98. The lowest BCUT2D eigenvalue weighted by Gasteiger charge is -2.30. The van der Waals surface area contributed by atoms with Crippen LogP contribution in [0.1, 0.15) is 31.9 Å². The molecule has 4 heteroatoms. The van der Waals surface area contributed by atoms with E-state index in [9.17, 15) is 0 Å². The van der Waals surface area contributed by atoms with Crippen molar-refractivity contribution in [3.63, 3.8) is 0 Å². The van der Waals surface area contributed by atoms with Gasteiger partial charge < -0.3 is 10.6 Å². The molecule has 20 heavy (non-hydrogen) atoms. The van der Waals surface area contributed by atoms with Crippen LogP contribution < -0.4 is 10.6 Å². The molecular formula is C16H28N4. The van der Waals surface area contributed by atoms with Crippen molar-refractivity contribution in [3.8, 4) is 0 Å². The molecule has 1 aliphatic rings. The third-order valence-corrected chi connectivity index (χ3v) is 4.26. The minimum absolute atomic E-state index is 0.652. The number of hydrogen-bond acceptors (Lipinski definition) is 4. The second kappa shape index (κ2) is 7.60. The molecule has 112 valence electrons. The van der Waals surface area contributed by atoms with Crippen LogP contribution in [0, 0.1) is 6.92 Å². The second-order valence-electron chi connectivity index (χ2n) is 5.67. The van der Waals surface area contributed by atoms with Crippen molar-refractivity contribution in [2.45, 2.75) is 39.2 Å². The number of aromatic nitrogens is 1. The van der Waals surface area contributed by atoms with Crippen LogP contribution in [-0.2, 0) is 0 Å². The van der Waals surface area contributed by atoms with Crippen LogP contribution in [0.3, 0.4) is 0 Å². The van der Waals surface area contributed by atoms with Crippen molar-refractivity contribution in [1.82, 2.24) is 9.88 Å². The van der Waals surface area contributed by atoms with E-state index in [4.69, 9.17) is 5.73 Å². The molecule has 2 N–H and O–H groups in total. The van der Waals surface area contributed by atoms with Crippen LogP contribution in [0.25, 0.3) is 0 Å². The summed E-state index contributed by atoms with van der Waals surface area (Å²) >= 11 is 0. The first-order chi connectivity index (χ1) is 9.74. The standard InChI is InChI=1S/C16H28N4/c1-3-15(5-7-17)19-9-4-10-20(12-11-19)16-6-8-18-14(2)13-16/h6,8,13,15H,3-5,7,9-12,17H2,1-2H3. The highest BCUT2D eigenvalue weighted by atomic mass is 15.2. The molecule has 0 aliphatic carbocycles. The first-order valence-electron chi connectivity index (χ1n) is 7.86. The summed E-state index contributed by atoms with van der Waals surface area (Å²) in [7, 11) is 0. The quantitative estimate of drug-likeness (QED) is 0.894. The Labute approximate surface area is 123 Å². The summed E-state index contributed by atoms with van der Waals surface area (Å²) in [6.45, 7) is 9.70. The number of nitrogens with two attached hydrogens (primary N) is 1. The molecule has 0 bridgehead atoms. The predicted octanol–water partition coefficient (Wildman–Crippen LogP) is 2.03. The maximum atomic E-state index is 5.74. The minimum Gasteiger partial charge on any atom is -0.370 e. The monoisotopic (exact) mass is 276 g/mol. The Morgan fingerprint density at radius 2 is 2.15 bits per heavy atom. The molecule has 0 radical (unpaired) electrons. The van der Waals surface area contributed by atoms with Crippen molar-refractivity contribution in [1.29, 1.82) is 0 Å². The lowest BCUT2D eigenvalue weighted by Crippen LogP contribution is -2.39. The van der Waals surface area contributed by atoms with Crippen LogP contribution in [0.5, 0.6) is 0 Å². The van der Waals surface area contributed by atoms with E-state index in [0.29, 0.717) is 6.04 Å². The number of hydrogen-bond donors (Lipinski definition) is 1. The van der Waals surface area contributed by atoms with Gasteiger partial charge in [0.1, 0.15) is 0 Å². The molecule has 0 saturated carbocycles. The van der Waals surface area contributed by atoms with Gasteiger partial charge in [-0.15, -0.1) is 0 Å². The molecule has 1 atom stereocenters. The Bertz CT molecular complexity index is 407. The summed E-state index contributed by atoms with van der Waals surface area (Å²) in [5, 5.41) is 0. The highest BCUT2D eigenvalue weighted by Crippen LogP contribution is 2.18. The smallest absolute Gasteiger partial charge is 0.0400 e. The Morgan fingerprint density at radius 1 is 1.30 bits per heavy atom. The van der Waals surface area contributed by atoms with Gasteiger partial charge in [0.15, 0.2) is 0 Å². The maximum absolute atomic E-state index is 5.74. The summed E-state index contributed by atoms with van der Waals surface area (Å²) < 4.78 is 0. The highest BCUT2D eigenvalue weighted by molar-refractivity contribution is 5.46. The molecular weight excluding hydrogens is 248 g/mol. The molecule has 2 rings (SSSR count). The molecule has 0 amide bonds. The van der Waals surface area contributed by atoms with Gasteiger partial charge >= 0.3 is 0 Å². The van der Waals surface area contributed by atoms with Crippen molar-refractivity contribution >= 4 is 5.69 Å². The summed E-state index contributed by atoms with van der Waals surface area (Å²) in [5.41, 5.74) is 8.15. The first-order valence-corrected chi connectivity index (χ1v) is 7.86. The molecule has 1 aromatic rings. The molecule has 1 unspecified atom stereocenters. The number of pyridine rings is 1. The van der Waals surface area contributed by atoms with Crippen LogP contribution >= 0.6 is 0 Å². The van der Waals surface area contributed by atoms with E-state index >= 15 is 0 Å². The third-order valence-electron chi connectivity index (χ3n) is 4.26. The van der Waals surface area contributed by atoms with Crippen molar-refractivity contribution in [2.24, 2.45) is 5.73 Å². The predicted molar refractivity (Wildman–Crippen MR) is 85.1 cm³/mol. The maximum Gasteiger partial charge on any atom is 0.0400 e. The normalized spacial score (nSPS) is 18.9. The fourth-order valence-electron chi connectivity index (χ4n) is 3.13. The number of nitrogens with zero attached hydrogens (tertiary/aromatic N) is 3. The summed E-state index contributed by atoms with van der Waals surface area (Å²) in [6.07, 6.45) is 5.45. The van der Waals surface area contributed by atoms with E-state index in [0.717, 1.165) is 38.3 Å². The van der Waals surface area contributed by atoms with Gasteiger partial charge in [-0.25, -0.2) is 0 Å². The van der Waals surface area contributed by atoms with Gasteiger partial charge in [-0.05, 0) is 44.9 Å². The van der Waals surface area contributed by atoms with E-state index in [-0.39, 0.29) is 0 Å². The van der Waals surface area contributed by atoms with Crippen molar-refractivity contribution < 1.29 is 0 Å². The van der Waals surface area contributed by atoms with Gasteiger partial charge in [0.2, 0.25) is 0 Å². The highest BCUT2D eigenvalue weighted by Gasteiger charge is 2.20. The van der Waals surface area contributed by atoms with Gasteiger partial charge in [-0.1, -0.05) is 6.92 Å². The van der Waals surface area contributed by atoms with Crippen LogP contribution in [0.2, 0.25) is 0 Å². The van der Waals surface area contributed by atoms with Gasteiger partial charge in [0.05, 0.1) is 0 Å². The zero-order chi connectivity index (χ0) is 14.4. The zero-order valence-corrected chi connectivity index (χ0v) is 12.9. The fraction of sp³-hybridized carbons (Fsp3) is 0.688. The van der Waals surface area contributed by atoms with E-state index in [1.54, 1.807) is 0 Å². The largest absolute Gasteiger partial charge is 0.370 e. The zero-order valence-electron chi connectivity index (χ0n) is 12.9. The molecule has 4 nitrogen and oxygen atoms in total. The van der Waals surface area contributed by atoms with Gasteiger partial charge in [0.25, 0.3) is 0 Å². The SMILES string of the molecule is CCC(CCN)N1CCCN(c2ccnc(C)c2)CC1. The van der Waals surface area contributed by atoms with Crippen LogP contribution in [0.4, 0.5) is 5.69 Å². The molecule has 2 heterocycles. The van der Waals surface area contributed by atoms with Gasteiger partial charge in [-0.3, -0.25) is 9.88 Å². The van der Waals surface area contributed by atoms with Crippen molar-refractivity contribution in [2.75, 3.05) is 37.6 Å². The summed E-state index contributed by atoms with van der Waals surface area (Å²) in [4.78, 5) is 9.40. The Kier molecular flexibility index (Phi) is 5.80. The van der Waals surface area contributed by atoms with E-state index in [1.165, 1.54) is 25.1 Å². The number of anilines is 1. The Hall–Kier alpha value is -1.13. The Morgan fingerprint density at radius 3 is 2.85 bits per heavy atom. The fourth-order valence-corrected chi connectivity index (χ4v) is 3.13. The van der Waals surface area contributed by atoms with Gasteiger partial charge in [-0.2, -0.15) is 0 Å². The molecule has 1 fully saturated rings. The second-order valence-corrected chi connectivity index (χ2v) is 5.67. The molecule has 0 spiro atoms. The number of aryl methyl sites for hydroxylation is 1. The van der Waals surface area contributed by atoms with Gasteiger partial charge in [0, 0.05) is 49.8 Å². The first kappa shape index (κ1) is 15.3. The van der Waals surface area contributed by atoms with Crippen molar-refractivity contribution in [3.05, 3.63) is 24.0 Å². The average molecular weight is 276 g/mol. The lowest BCUT2D eigenvalue weighted by atomic mass is 10.1. The molecule has 1 aromatic heterocycles. The molecule has 0 aromatic carbocycles. The van der Waals surface area contributed by atoms with E-state index in [1.807, 2.05) is 6.20 Å². The van der Waals surface area contributed by atoms with E-state index < -0.39 is 0 Å². The molecule has 1 aliphatic heterocycles.